The molecule has 19 heavy (non-hydrogen) atoms. The minimum Gasteiger partial charge on any atom is -0.333 e. The van der Waals surface area contributed by atoms with Crippen LogP contribution in [0.15, 0.2) is 0 Å². The predicted molar refractivity (Wildman–Crippen MR) is 79.1 cm³/mol. The van der Waals surface area contributed by atoms with Crippen LogP contribution in [0.25, 0.3) is 0 Å². The molecule has 0 spiro atoms. The molecule has 1 amide bonds. The lowest BCUT2D eigenvalue weighted by molar-refractivity contribution is -0.141. The SMILES string of the molecule is CNC1CCCC(C)(C)N(C2CCCCCC2)C1=O. The van der Waals surface area contributed by atoms with Crippen molar-refractivity contribution >= 4 is 5.91 Å². The Morgan fingerprint density at radius 1 is 1.05 bits per heavy atom. The number of likely N-dealkylation sites (N-methyl/N-ethyl adjacent to an activating group) is 1. The van der Waals surface area contributed by atoms with Crippen molar-refractivity contribution in [1.82, 2.24) is 10.2 Å². The van der Waals surface area contributed by atoms with E-state index in [9.17, 15) is 4.79 Å². The Hall–Kier alpha value is -0.570. The van der Waals surface area contributed by atoms with Crippen LogP contribution >= 0.6 is 0 Å². The van der Waals surface area contributed by atoms with Gasteiger partial charge in [0.15, 0.2) is 0 Å². The van der Waals surface area contributed by atoms with Gasteiger partial charge in [0.05, 0.1) is 6.04 Å². The number of hydrogen-bond donors (Lipinski definition) is 1. The lowest BCUT2D eigenvalue weighted by Crippen LogP contribution is -2.56. The molecule has 110 valence electrons. The molecule has 1 unspecified atom stereocenters. The number of rotatable bonds is 2. The van der Waals surface area contributed by atoms with E-state index in [1.807, 2.05) is 7.05 Å². The van der Waals surface area contributed by atoms with Crippen LogP contribution in [-0.2, 0) is 4.79 Å². The Morgan fingerprint density at radius 2 is 1.68 bits per heavy atom. The summed E-state index contributed by atoms with van der Waals surface area (Å²) >= 11 is 0. The lowest BCUT2D eigenvalue weighted by Gasteiger charge is -2.44. The molecule has 0 radical (unpaired) electrons. The van der Waals surface area contributed by atoms with E-state index in [1.54, 1.807) is 0 Å². The van der Waals surface area contributed by atoms with Crippen molar-refractivity contribution in [2.24, 2.45) is 0 Å². The number of hydrogen-bond acceptors (Lipinski definition) is 2. The molecule has 0 aromatic carbocycles. The van der Waals surface area contributed by atoms with Gasteiger partial charge in [-0.1, -0.05) is 25.7 Å². The van der Waals surface area contributed by atoms with Crippen molar-refractivity contribution in [3.63, 3.8) is 0 Å². The average molecular weight is 266 g/mol. The fraction of sp³-hybridized carbons (Fsp3) is 0.938. The quantitative estimate of drug-likeness (QED) is 0.779. The number of carbonyl (C=O) groups excluding carboxylic acids is 1. The highest BCUT2D eigenvalue weighted by molar-refractivity contribution is 5.83. The van der Waals surface area contributed by atoms with Crippen molar-refractivity contribution < 1.29 is 4.79 Å². The van der Waals surface area contributed by atoms with Crippen LogP contribution in [0.2, 0.25) is 0 Å². The molecule has 2 aliphatic rings. The fourth-order valence-electron chi connectivity index (χ4n) is 3.91. The van der Waals surface area contributed by atoms with E-state index in [0.29, 0.717) is 11.9 Å². The molecule has 1 aliphatic carbocycles. The number of carbonyl (C=O) groups is 1. The van der Waals surface area contributed by atoms with E-state index >= 15 is 0 Å². The van der Waals surface area contributed by atoms with Crippen molar-refractivity contribution in [1.29, 1.82) is 0 Å². The van der Waals surface area contributed by atoms with Gasteiger partial charge in [-0.05, 0) is 53.0 Å². The summed E-state index contributed by atoms with van der Waals surface area (Å²) in [4.78, 5) is 15.1. The Balaban J connectivity index is 2.21. The van der Waals surface area contributed by atoms with Gasteiger partial charge >= 0.3 is 0 Å². The standard InChI is InChI=1S/C16H30N2O/c1-16(2)12-8-11-14(17-3)15(19)18(16)13-9-6-4-5-7-10-13/h13-14,17H,4-12H2,1-3H3. The average Bonchev–Trinajstić information content (AvgIpc) is 2.67. The summed E-state index contributed by atoms with van der Waals surface area (Å²) in [6.45, 7) is 4.52. The first-order chi connectivity index (χ1) is 9.06. The molecule has 2 rings (SSSR count). The van der Waals surface area contributed by atoms with Gasteiger partial charge in [0.1, 0.15) is 0 Å². The number of nitrogens with one attached hydrogen (secondary N) is 1. The Kier molecular flexibility index (Phi) is 4.88. The highest BCUT2D eigenvalue weighted by atomic mass is 16.2. The molecule has 1 saturated carbocycles. The van der Waals surface area contributed by atoms with Crippen molar-refractivity contribution in [3.8, 4) is 0 Å². The van der Waals surface area contributed by atoms with Gasteiger partial charge in [0, 0.05) is 11.6 Å². The van der Waals surface area contributed by atoms with E-state index in [2.05, 4.69) is 24.1 Å². The summed E-state index contributed by atoms with van der Waals surface area (Å²) in [6.07, 6.45) is 10.9. The maximum absolute atomic E-state index is 12.9. The van der Waals surface area contributed by atoms with Gasteiger partial charge < -0.3 is 10.2 Å². The molecule has 1 atom stereocenters. The summed E-state index contributed by atoms with van der Waals surface area (Å²) < 4.78 is 0. The highest BCUT2D eigenvalue weighted by Crippen LogP contribution is 2.34. The van der Waals surface area contributed by atoms with Crippen LogP contribution in [0.4, 0.5) is 0 Å². The van der Waals surface area contributed by atoms with Crippen LogP contribution in [0.3, 0.4) is 0 Å². The summed E-state index contributed by atoms with van der Waals surface area (Å²) in [6, 6.07) is 0.504. The van der Waals surface area contributed by atoms with Crippen molar-refractivity contribution in [2.45, 2.75) is 89.3 Å². The fourth-order valence-corrected chi connectivity index (χ4v) is 3.91. The molecular weight excluding hydrogens is 236 g/mol. The second-order valence-corrected chi connectivity index (χ2v) is 6.90. The first kappa shape index (κ1) is 14.8. The third kappa shape index (κ3) is 3.31. The monoisotopic (exact) mass is 266 g/mol. The zero-order valence-corrected chi connectivity index (χ0v) is 12.9. The van der Waals surface area contributed by atoms with Gasteiger partial charge in [-0.2, -0.15) is 0 Å². The van der Waals surface area contributed by atoms with E-state index in [0.717, 1.165) is 19.3 Å². The summed E-state index contributed by atoms with van der Waals surface area (Å²) in [5.41, 5.74) is 0.0255. The maximum atomic E-state index is 12.9. The van der Waals surface area contributed by atoms with E-state index in [-0.39, 0.29) is 11.6 Å². The Bertz CT molecular complexity index is 306. The Morgan fingerprint density at radius 3 is 2.26 bits per heavy atom. The zero-order valence-electron chi connectivity index (χ0n) is 12.9. The second-order valence-electron chi connectivity index (χ2n) is 6.90. The number of amides is 1. The molecule has 1 aliphatic heterocycles. The van der Waals surface area contributed by atoms with Gasteiger partial charge in [0.25, 0.3) is 0 Å². The van der Waals surface area contributed by atoms with Crippen molar-refractivity contribution in [3.05, 3.63) is 0 Å². The van der Waals surface area contributed by atoms with E-state index < -0.39 is 0 Å². The zero-order chi connectivity index (χ0) is 13.9. The number of likely N-dealkylation sites (tertiary alicyclic amines) is 1. The van der Waals surface area contributed by atoms with Gasteiger partial charge in [-0.15, -0.1) is 0 Å². The van der Waals surface area contributed by atoms with Crippen molar-refractivity contribution in [2.75, 3.05) is 7.05 Å². The molecule has 0 bridgehead atoms. The number of nitrogens with zero attached hydrogens (tertiary/aromatic N) is 1. The first-order valence-corrected chi connectivity index (χ1v) is 8.07. The summed E-state index contributed by atoms with van der Waals surface area (Å²) in [7, 11) is 1.92. The molecule has 0 aromatic heterocycles. The molecule has 2 fully saturated rings. The topological polar surface area (TPSA) is 32.3 Å². The minimum atomic E-state index is 0.0255. The normalized spacial score (nSPS) is 29.9. The summed E-state index contributed by atoms with van der Waals surface area (Å²) in [5.74, 6) is 0.344. The molecule has 1 saturated heterocycles. The molecule has 3 heteroatoms. The van der Waals surface area contributed by atoms with Gasteiger partial charge in [0.2, 0.25) is 5.91 Å². The molecule has 1 N–H and O–H groups in total. The first-order valence-electron chi connectivity index (χ1n) is 8.07. The van der Waals surface area contributed by atoms with Crippen LogP contribution in [0.1, 0.15) is 71.6 Å². The molecular formula is C16H30N2O. The third-order valence-corrected chi connectivity index (χ3v) is 5.01. The molecule has 0 aromatic rings. The van der Waals surface area contributed by atoms with E-state index in [1.165, 1.54) is 38.5 Å². The minimum absolute atomic E-state index is 0.0255. The lowest BCUT2D eigenvalue weighted by atomic mass is 9.93. The third-order valence-electron chi connectivity index (χ3n) is 5.01. The van der Waals surface area contributed by atoms with Crippen LogP contribution in [0, 0.1) is 0 Å². The smallest absolute Gasteiger partial charge is 0.240 e. The van der Waals surface area contributed by atoms with E-state index in [4.69, 9.17) is 0 Å². The Labute approximate surface area is 118 Å². The molecule has 3 nitrogen and oxygen atoms in total. The van der Waals surface area contributed by atoms with Gasteiger partial charge in [-0.3, -0.25) is 4.79 Å². The molecule has 1 heterocycles. The largest absolute Gasteiger partial charge is 0.333 e. The summed E-state index contributed by atoms with van der Waals surface area (Å²) in [5, 5.41) is 3.22. The predicted octanol–water partition coefficient (Wildman–Crippen LogP) is 3.09. The van der Waals surface area contributed by atoms with Gasteiger partial charge in [-0.25, -0.2) is 0 Å². The van der Waals surface area contributed by atoms with Crippen LogP contribution in [-0.4, -0.2) is 35.5 Å². The van der Waals surface area contributed by atoms with Crippen LogP contribution < -0.4 is 5.32 Å². The van der Waals surface area contributed by atoms with Crippen LogP contribution in [0.5, 0.6) is 0 Å². The maximum Gasteiger partial charge on any atom is 0.240 e. The second kappa shape index (κ2) is 6.25. The highest BCUT2D eigenvalue weighted by Gasteiger charge is 2.40.